The van der Waals surface area contributed by atoms with E-state index >= 15 is 0 Å². The number of ether oxygens (including phenoxy) is 1. The minimum Gasteiger partial charge on any atom is -0.378 e. The van der Waals surface area contributed by atoms with Crippen LogP contribution in [0.15, 0.2) is 70.7 Å². The third-order valence-electron chi connectivity index (χ3n) is 6.96. The Morgan fingerprint density at radius 1 is 0.951 bits per heavy atom. The summed E-state index contributed by atoms with van der Waals surface area (Å²) in [4.78, 5) is 46.1. The van der Waals surface area contributed by atoms with Crippen molar-refractivity contribution >= 4 is 68.5 Å². The zero-order valence-corrected chi connectivity index (χ0v) is 24.5. The number of morpholine rings is 1. The highest BCUT2D eigenvalue weighted by Gasteiger charge is 2.22. The molecule has 10 heteroatoms. The fraction of sp³-hybridized carbons (Fsp3) is 0.290. The molecule has 0 spiro atoms. The molecule has 0 radical (unpaired) electrons. The average molecular weight is 592 g/mol. The highest BCUT2D eigenvalue weighted by molar-refractivity contribution is 7.99. The molecule has 41 heavy (non-hydrogen) atoms. The Balaban J connectivity index is 1.46. The number of carbonyl (C=O) groups is 3. The van der Waals surface area contributed by atoms with E-state index in [1.165, 1.54) is 6.92 Å². The van der Waals surface area contributed by atoms with Gasteiger partial charge >= 0.3 is 5.97 Å². The number of Topliss-reactive ketones (excluding diaryl/α,β-unsaturated/α-hetero) is 1. The third-order valence-corrected chi connectivity index (χ3v) is 8.22. The van der Waals surface area contributed by atoms with Crippen molar-refractivity contribution in [1.82, 2.24) is 9.47 Å². The summed E-state index contributed by atoms with van der Waals surface area (Å²) in [5, 5.41) is 6.33. The van der Waals surface area contributed by atoms with Crippen molar-refractivity contribution in [3.8, 4) is 0 Å². The molecule has 0 bridgehead atoms. The minimum absolute atomic E-state index is 0.0335. The molecule has 0 aliphatic carbocycles. The van der Waals surface area contributed by atoms with Crippen LogP contribution in [0.25, 0.3) is 21.8 Å². The summed E-state index contributed by atoms with van der Waals surface area (Å²) < 4.78 is 7.56. The van der Waals surface area contributed by atoms with Crippen LogP contribution in [0.5, 0.6) is 0 Å². The lowest BCUT2D eigenvalue weighted by Crippen LogP contribution is -2.40. The third kappa shape index (κ3) is 6.48. The molecule has 1 aliphatic heterocycles. The molecule has 212 valence electrons. The van der Waals surface area contributed by atoms with Gasteiger partial charge in [-0.1, -0.05) is 16.8 Å². The highest BCUT2D eigenvalue weighted by Crippen LogP contribution is 2.31. The SMILES string of the molecule is CCn1c2ccc(C(=O)C(CCSc3ccc(Cl)cc3)=NOC(C)=O)cc2c2cc(C(=O)N3CCOCC3)ccc21. The predicted octanol–water partition coefficient (Wildman–Crippen LogP) is 6.22. The van der Waals surface area contributed by atoms with Gasteiger partial charge in [-0.3, -0.25) is 9.59 Å². The Morgan fingerprint density at radius 2 is 1.59 bits per heavy atom. The van der Waals surface area contributed by atoms with Crippen molar-refractivity contribution in [2.45, 2.75) is 31.7 Å². The Hall–Kier alpha value is -3.66. The van der Waals surface area contributed by atoms with E-state index < -0.39 is 5.97 Å². The number of carbonyl (C=O) groups excluding carboxylic acids is 3. The van der Waals surface area contributed by atoms with E-state index in [1.807, 2.05) is 54.6 Å². The Kier molecular flexibility index (Phi) is 9.07. The fourth-order valence-electron chi connectivity index (χ4n) is 4.95. The maximum atomic E-state index is 13.7. The molecule has 1 aliphatic rings. The van der Waals surface area contributed by atoms with Crippen LogP contribution in [0.1, 0.15) is 41.0 Å². The van der Waals surface area contributed by atoms with Gasteiger partial charge in [0.2, 0.25) is 5.78 Å². The van der Waals surface area contributed by atoms with Crippen LogP contribution in [0.3, 0.4) is 0 Å². The topological polar surface area (TPSA) is 90.2 Å². The number of hydrogen-bond donors (Lipinski definition) is 0. The van der Waals surface area contributed by atoms with Gasteiger partial charge in [-0.05, 0) is 67.6 Å². The number of halogens is 1. The van der Waals surface area contributed by atoms with E-state index in [4.69, 9.17) is 21.2 Å². The predicted molar refractivity (Wildman–Crippen MR) is 162 cm³/mol. The number of hydrogen-bond acceptors (Lipinski definition) is 7. The summed E-state index contributed by atoms with van der Waals surface area (Å²) in [6.45, 7) is 6.22. The molecule has 0 atom stereocenters. The molecule has 1 aromatic heterocycles. The summed E-state index contributed by atoms with van der Waals surface area (Å²) in [6, 6.07) is 18.7. The molecule has 0 saturated carbocycles. The highest BCUT2D eigenvalue weighted by atomic mass is 35.5. The summed E-state index contributed by atoms with van der Waals surface area (Å²) in [7, 11) is 0. The first-order valence-electron chi connectivity index (χ1n) is 13.5. The van der Waals surface area contributed by atoms with Crippen LogP contribution in [0, 0.1) is 0 Å². The van der Waals surface area contributed by atoms with Crippen LogP contribution >= 0.6 is 23.4 Å². The van der Waals surface area contributed by atoms with Crippen LogP contribution < -0.4 is 0 Å². The van der Waals surface area contributed by atoms with Crippen LogP contribution in [0.4, 0.5) is 0 Å². The molecular weight excluding hydrogens is 562 g/mol. The normalized spacial score (nSPS) is 14.0. The largest absolute Gasteiger partial charge is 0.378 e. The lowest BCUT2D eigenvalue weighted by atomic mass is 10.0. The van der Waals surface area contributed by atoms with E-state index in [1.54, 1.807) is 22.7 Å². The number of thioether (sulfide) groups is 1. The molecule has 2 heterocycles. The second kappa shape index (κ2) is 12.9. The Labute approximate surface area is 247 Å². The molecule has 5 rings (SSSR count). The second-order valence-corrected chi connectivity index (χ2v) is 11.2. The minimum atomic E-state index is -0.598. The molecule has 0 unspecified atom stereocenters. The van der Waals surface area contributed by atoms with Crippen molar-refractivity contribution in [1.29, 1.82) is 0 Å². The number of amides is 1. The van der Waals surface area contributed by atoms with E-state index in [-0.39, 0.29) is 17.4 Å². The van der Waals surface area contributed by atoms with Gasteiger partial charge in [-0.15, -0.1) is 11.8 Å². The first-order valence-corrected chi connectivity index (χ1v) is 14.8. The van der Waals surface area contributed by atoms with Crippen molar-refractivity contribution < 1.29 is 24.0 Å². The average Bonchev–Trinajstić information content (AvgIpc) is 3.31. The number of benzene rings is 3. The number of oxime groups is 1. The lowest BCUT2D eigenvalue weighted by Gasteiger charge is -2.26. The molecule has 1 fully saturated rings. The number of aryl methyl sites for hydroxylation is 1. The first-order chi connectivity index (χ1) is 19.9. The standard InChI is InChI=1S/C31H30ClN3O5S/c1-3-35-28-10-4-21(30(37)27(33-40-20(2)36)12-17-41-24-8-6-23(32)7-9-24)18-25(28)26-19-22(5-11-29(26)35)31(38)34-13-15-39-16-14-34/h4-11,18-19H,3,12-17H2,1-2H3. The number of nitrogens with zero attached hydrogens (tertiary/aromatic N) is 3. The van der Waals surface area contributed by atoms with Crippen LogP contribution in [0.2, 0.25) is 5.02 Å². The Bertz CT molecular complexity index is 1640. The maximum Gasteiger partial charge on any atom is 0.331 e. The molecular formula is C31H30ClN3O5S. The second-order valence-electron chi connectivity index (χ2n) is 9.62. The number of ketones is 1. The number of rotatable bonds is 9. The molecule has 1 amide bonds. The zero-order chi connectivity index (χ0) is 28.9. The molecule has 0 N–H and O–H groups in total. The van der Waals surface area contributed by atoms with E-state index in [0.29, 0.717) is 54.6 Å². The van der Waals surface area contributed by atoms with Crippen molar-refractivity contribution in [2.75, 3.05) is 32.1 Å². The fourth-order valence-corrected chi connectivity index (χ4v) is 5.94. The maximum absolute atomic E-state index is 13.7. The van der Waals surface area contributed by atoms with Gasteiger partial charge in [0.15, 0.2) is 0 Å². The molecule has 4 aromatic rings. The summed E-state index contributed by atoms with van der Waals surface area (Å²) >= 11 is 7.53. The van der Waals surface area contributed by atoms with Crippen molar-refractivity contribution in [3.63, 3.8) is 0 Å². The van der Waals surface area contributed by atoms with Crippen LogP contribution in [-0.2, 0) is 20.9 Å². The zero-order valence-electron chi connectivity index (χ0n) is 22.9. The van der Waals surface area contributed by atoms with Crippen molar-refractivity contribution in [3.05, 3.63) is 76.8 Å². The quantitative estimate of drug-likeness (QED) is 0.0754. The Morgan fingerprint density at radius 3 is 2.22 bits per heavy atom. The van der Waals surface area contributed by atoms with E-state index in [9.17, 15) is 14.4 Å². The van der Waals surface area contributed by atoms with Gasteiger partial charge in [-0.25, -0.2) is 4.79 Å². The monoisotopic (exact) mass is 591 g/mol. The summed E-state index contributed by atoms with van der Waals surface area (Å²) in [5.74, 6) is -0.395. The number of aromatic nitrogens is 1. The van der Waals surface area contributed by atoms with Gasteiger partial charge in [0.05, 0.1) is 13.2 Å². The van der Waals surface area contributed by atoms with Crippen molar-refractivity contribution in [2.24, 2.45) is 5.16 Å². The van der Waals surface area contributed by atoms with Gasteiger partial charge in [0, 0.05) is 81.6 Å². The lowest BCUT2D eigenvalue weighted by molar-refractivity contribution is -0.140. The molecule has 8 nitrogen and oxygen atoms in total. The number of fused-ring (bicyclic) bond motifs is 3. The van der Waals surface area contributed by atoms with Gasteiger partial charge in [0.25, 0.3) is 5.91 Å². The van der Waals surface area contributed by atoms with Gasteiger partial charge < -0.3 is 19.0 Å². The van der Waals surface area contributed by atoms with Gasteiger partial charge in [-0.2, -0.15) is 0 Å². The van der Waals surface area contributed by atoms with E-state index in [2.05, 4.69) is 16.6 Å². The van der Waals surface area contributed by atoms with Crippen LogP contribution in [-0.4, -0.2) is 64.9 Å². The first kappa shape index (κ1) is 28.9. The molecule has 1 saturated heterocycles. The molecule has 3 aromatic carbocycles. The summed E-state index contributed by atoms with van der Waals surface area (Å²) in [6.07, 6.45) is 0.298. The van der Waals surface area contributed by atoms with Gasteiger partial charge in [0.1, 0.15) is 5.71 Å². The summed E-state index contributed by atoms with van der Waals surface area (Å²) in [5.41, 5.74) is 3.14. The smallest absolute Gasteiger partial charge is 0.331 e. The van der Waals surface area contributed by atoms with E-state index in [0.717, 1.165) is 33.2 Å².